The van der Waals surface area contributed by atoms with E-state index in [1.54, 1.807) is 10.9 Å². The van der Waals surface area contributed by atoms with Crippen LogP contribution in [0, 0.1) is 17.8 Å². The highest BCUT2D eigenvalue weighted by atomic mass is 19.4. The summed E-state index contributed by atoms with van der Waals surface area (Å²) in [4.78, 5) is 26.4. The van der Waals surface area contributed by atoms with Gasteiger partial charge in [0.1, 0.15) is 0 Å². The lowest BCUT2D eigenvalue weighted by Gasteiger charge is -2.59. The predicted octanol–water partition coefficient (Wildman–Crippen LogP) is 2.80. The number of carboxylic acids is 1. The van der Waals surface area contributed by atoms with Crippen LogP contribution in [-0.4, -0.2) is 87.7 Å². The first-order chi connectivity index (χ1) is 16.1. The summed E-state index contributed by atoms with van der Waals surface area (Å²) in [6.07, 6.45) is 6.34. The molecule has 4 fully saturated rings. The van der Waals surface area contributed by atoms with Crippen LogP contribution >= 0.6 is 0 Å². The normalized spacial score (nSPS) is 24.4. The molecule has 0 bridgehead atoms. The van der Waals surface area contributed by atoms with Crippen LogP contribution in [0.4, 0.5) is 13.2 Å². The first-order valence-corrected chi connectivity index (χ1v) is 12.0. The van der Waals surface area contributed by atoms with Crippen molar-refractivity contribution in [2.24, 2.45) is 24.8 Å². The third kappa shape index (κ3) is 6.29. The molecule has 4 aliphatic rings. The molecule has 2 aliphatic heterocycles. The molecule has 1 unspecified atom stereocenters. The Hall–Kier alpha value is -2.14. The average molecular weight is 487 g/mol. The summed E-state index contributed by atoms with van der Waals surface area (Å²) in [6.45, 7) is 6.00. The van der Waals surface area contributed by atoms with E-state index >= 15 is 0 Å². The van der Waals surface area contributed by atoms with Gasteiger partial charge in [0.2, 0.25) is 0 Å². The summed E-state index contributed by atoms with van der Waals surface area (Å²) in [5, 5.41) is 11.3. The fourth-order valence-electron chi connectivity index (χ4n) is 4.92. The monoisotopic (exact) mass is 486 g/mol. The van der Waals surface area contributed by atoms with Gasteiger partial charge in [-0.05, 0) is 62.8 Å². The van der Waals surface area contributed by atoms with Crippen molar-refractivity contribution < 1.29 is 32.6 Å². The largest absolute Gasteiger partial charge is 0.490 e. The summed E-state index contributed by atoms with van der Waals surface area (Å²) in [6, 6.07) is 0. The molecule has 190 valence electrons. The van der Waals surface area contributed by atoms with Gasteiger partial charge in [0, 0.05) is 46.1 Å². The molecular weight excluding hydrogens is 453 g/mol. The molecule has 1 N–H and O–H groups in total. The van der Waals surface area contributed by atoms with Gasteiger partial charge in [0.15, 0.2) is 0 Å². The third-order valence-corrected chi connectivity index (χ3v) is 7.18. The lowest BCUT2D eigenvalue weighted by Crippen LogP contribution is -2.73. The molecular formula is C23H33F3N4O4. The first kappa shape index (κ1) is 25.0. The second kappa shape index (κ2) is 9.85. The number of likely N-dealkylation sites (tertiary alicyclic amines) is 2. The molecule has 1 amide bonds. The maximum Gasteiger partial charge on any atom is 0.490 e. The van der Waals surface area contributed by atoms with Crippen LogP contribution < -0.4 is 0 Å². The van der Waals surface area contributed by atoms with E-state index in [0.29, 0.717) is 11.5 Å². The number of alkyl halides is 3. The van der Waals surface area contributed by atoms with E-state index in [1.807, 2.05) is 18.1 Å². The minimum absolute atomic E-state index is 0.132. The van der Waals surface area contributed by atoms with Crippen molar-refractivity contribution in [3.8, 4) is 0 Å². The number of aryl methyl sites for hydroxylation is 1. The number of carboxylic acid groups (broad SMARTS) is 1. The maximum atomic E-state index is 12.8. The van der Waals surface area contributed by atoms with Gasteiger partial charge in [-0.2, -0.15) is 18.3 Å². The minimum atomic E-state index is -5.08. The Morgan fingerprint density at radius 3 is 2.26 bits per heavy atom. The van der Waals surface area contributed by atoms with Crippen molar-refractivity contribution >= 4 is 11.9 Å². The van der Waals surface area contributed by atoms with E-state index in [-0.39, 0.29) is 11.4 Å². The highest BCUT2D eigenvalue weighted by Crippen LogP contribution is 2.42. The standard InChI is InChI=1S/C21H32N4O2.C2HF3O2/c1-23-11-19(9-22-23)20(26)24-14-21(15-24)8-18(13-27-12-17-4-5-17)6-7-25(21)10-16-2-3-16;3-2(4,5)1(6)7/h9,11,16-18H,2-8,10,12-15H2,1H3;(H,6,7). The number of carbonyl (C=O) groups is 2. The van der Waals surface area contributed by atoms with Crippen molar-refractivity contribution in [1.82, 2.24) is 19.6 Å². The van der Waals surface area contributed by atoms with E-state index in [1.165, 1.54) is 51.6 Å². The first-order valence-electron chi connectivity index (χ1n) is 12.0. The number of carbonyl (C=O) groups excluding carboxylic acids is 1. The number of halogens is 3. The summed E-state index contributed by atoms with van der Waals surface area (Å²) >= 11 is 0. The molecule has 34 heavy (non-hydrogen) atoms. The SMILES string of the molecule is Cn1cc(C(=O)N2CC3(CC(COCC4CC4)CCN3CC3CC3)C2)cn1.O=C(O)C(F)(F)F. The van der Waals surface area contributed by atoms with Crippen molar-refractivity contribution in [1.29, 1.82) is 0 Å². The number of ether oxygens (including phenoxy) is 1. The van der Waals surface area contributed by atoms with E-state index in [4.69, 9.17) is 14.6 Å². The van der Waals surface area contributed by atoms with Gasteiger partial charge in [-0.15, -0.1) is 0 Å². The number of nitrogens with zero attached hydrogens (tertiary/aromatic N) is 4. The zero-order valence-electron chi connectivity index (χ0n) is 19.5. The van der Waals surface area contributed by atoms with Crippen LogP contribution in [0.15, 0.2) is 12.4 Å². The topological polar surface area (TPSA) is 87.9 Å². The van der Waals surface area contributed by atoms with Crippen LogP contribution in [0.5, 0.6) is 0 Å². The molecule has 11 heteroatoms. The number of aromatic nitrogens is 2. The Labute approximate surface area is 197 Å². The molecule has 2 saturated carbocycles. The summed E-state index contributed by atoms with van der Waals surface area (Å²) < 4.78 is 39.5. The summed E-state index contributed by atoms with van der Waals surface area (Å²) in [5.41, 5.74) is 0.896. The van der Waals surface area contributed by atoms with Gasteiger partial charge in [-0.25, -0.2) is 4.79 Å². The number of amides is 1. The highest BCUT2D eigenvalue weighted by Gasteiger charge is 2.53. The van der Waals surface area contributed by atoms with Crippen molar-refractivity contribution in [3.05, 3.63) is 18.0 Å². The Morgan fingerprint density at radius 2 is 1.74 bits per heavy atom. The molecule has 0 radical (unpaired) electrons. The van der Waals surface area contributed by atoms with E-state index < -0.39 is 12.1 Å². The van der Waals surface area contributed by atoms with Gasteiger partial charge in [0.05, 0.1) is 17.3 Å². The molecule has 2 aliphatic carbocycles. The molecule has 1 aromatic rings. The lowest BCUT2D eigenvalue weighted by molar-refractivity contribution is -0.192. The Bertz CT molecular complexity index is 876. The molecule has 1 atom stereocenters. The Morgan fingerprint density at radius 1 is 1.12 bits per heavy atom. The Balaban J connectivity index is 0.000000344. The highest BCUT2D eigenvalue weighted by molar-refractivity contribution is 5.94. The van der Waals surface area contributed by atoms with Crippen molar-refractivity contribution in [2.75, 3.05) is 39.4 Å². The summed E-state index contributed by atoms with van der Waals surface area (Å²) in [7, 11) is 1.86. The van der Waals surface area contributed by atoms with E-state index in [2.05, 4.69) is 10.00 Å². The second-order valence-electron chi connectivity index (χ2n) is 10.3. The summed E-state index contributed by atoms with van der Waals surface area (Å²) in [5.74, 6) is -0.243. The number of piperidine rings is 1. The van der Waals surface area contributed by atoms with Gasteiger partial charge in [-0.3, -0.25) is 14.4 Å². The number of hydrogen-bond donors (Lipinski definition) is 1. The molecule has 1 aromatic heterocycles. The fraction of sp³-hybridized carbons (Fsp3) is 0.783. The van der Waals surface area contributed by atoms with Gasteiger partial charge in [-0.1, -0.05) is 0 Å². The van der Waals surface area contributed by atoms with E-state index in [9.17, 15) is 18.0 Å². The smallest absolute Gasteiger partial charge is 0.475 e. The number of rotatable bonds is 7. The van der Waals surface area contributed by atoms with Crippen LogP contribution in [0.25, 0.3) is 0 Å². The molecule has 5 rings (SSSR count). The minimum Gasteiger partial charge on any atom is -0.475 e. The zero-order chi connectivity index (χ0) is 24.5. The van der Waals surface area contributed by atoms with Crippen LogP contribution in [-0.2, 0) is 16.6 Å². The van der Waals surface area contributed by atoms with Gasteiger partial charge >= 0.3 is 12.1 Å². The van der Waals surface area contributed by atoms with Crippen molar-refractivity contribution in [3.63, 3.8) is 0 Å². The lowest BCUT2D eigenvalue weighted by atomic mass is 9.74. The quantitative estimate of drug-likeness (QED) is 0.638. The van der Waals surface area contributed by atoms with Crippen LogP contribution in [0.3, 0.4) is 0 Å². The molecule has 1 spiro atoms. The second-order valence-corrected chi connectivity index (χ2v) is 10.3. The van der Waals surface area contributed by atoms with Crippen molar-refractivity contribution in [2.45, 2.75) is 50.2 Å². The molecule has 3 heterocycles. The van der Waals surface area contributed by atoms with Crippen LogP contribution in [0.1, 0.15) is 48.9 Å². The average Bonchev–Trinajstić information content (AvgIpc) is 3.67. The zero-order valence-corrected chi connectivity index (χ0v) is 19.5. The Kier molecular flexibility index (Phi) is 7.23. The van der Waals surface area contributed by atoms with Gasteiger partial charge in [0.25, 0.3) is 5.91 Å². The maximum absolute atomic E-state index is 12.8. The van der Waals surface area contributed by atoms with E-state index in [0.717, 1.165) is 38.1 Å². The molecule has 0 aromatic carbocycles. The number of hydrogen-bond acceptors (Lipinski definition) is 5. The van der Waals surface area contributed by atoms with Crippen LogP contribution in [0.2, 0.25) is 0 Å². The third-order valence-electron chi connectivity index (χ3n) is 7.18. The molecule has 2 saturated heterocycles. The number of aliphatic carboxylic acids is 1. The molecule has 8 nitrogen and oxygen atoms in total. The van der Waals surface area contributed by atoms with Gasteiger partial charge < -0.3 is 14.7 Å². The predicted molar refractivity (Wildman–Crippen MR) is 116 cm³/mol. The fourth-order valence-corrected chi connectivity index (χ4v) is 4.92.